The third-order valence-electron chi connectivity index (χ3n) is 3.30. The molecular formula is C16H13Cl2N3. The maximum Gasteiger partial charge on any atom is 0.0890 e. The van der Waals surface area contributed by atoms with Gasteiger partial charge in [-0.15, -0.1) is 0 Å². The maximum absolute atomic E-state index is 6.23. The Bertz CT molecular complexity index is 789. The van der Waals surface area contributed by atoms with E-state index in [0.717, 1.165) is 22.3 Å². The summed E-state index contributed by atoms with van der Waals surface area (Å²) in [6.45, 7) is 0. The van der Waals surface area contributed by atoms with Crippen molar-refractivity contribution in [3.8, 4) is 0 Å². The van der Waals surface area contributed by atoms with Gasteiger partial charge in [-0.3, -0.25) is 4.98 Å². The van der Waals surface area contributed by atoms with Crippen LogP contribution >= 0.6 is 23.2 Å². The van der Waals surface area contributed by atoms with Crippen molar-refractivity contribution in [2.45, 2.75) is 12.5 Å². The minimum absolute atomic E-state index is 0.263. The maximum atomic E-state index is 6.23. The fourth-order valence-corrected chi connectivity index (χ4v) is 2.66. The number of nitrogens with zero attached hydrogens (tertiary/aromatic N) is 2. The molecule has 1 aromatic heterocycles. The van der Waals surface area contributed by atoms with Crippen molar-refractivity contribution in [3.63, 3.8) is 0 Å². The molecule has 0 amide bonds. The number of para-hydroxylation sites is 2. The number of fused-ring (bicyclic) bond motifs is 1. The zero-order valence-electron chi connectivity index (χ0n) is 11.1. The van der Waals surface area contributed by atoms with Gasteiger partial charge in [0.15, 0.2) is 0 Å². The van der Waals surface area contributed by atoms with E-state index in [-0.39, 0.29) is 6.04 Å². The lowest BCUT2D eigenvalue weighted by Gasteiger charge is -2.12. The average molecular weight is 318 g/mol. The number of hydrogen-bond donors (Lipinski definition) is 1. The van der Waals surface area contributed by atoms with Gasteiger partial charge >= 0.3 is 0 Å². The van der Waals surface area contributed by atoms with E-state index < -0.39 is 0 Å². The van der Waals surface area contributed by atoms with Gasteiger partial charge in [0.25, 0.3) is 0 Å². The lowest BCUT2D eigenvalue weighted by Crippen LogP contribution is -2.15. The minimum Gasteiger partial charge on any atom is -0.322 e. The second-order valence-electron chi connectivity index (χ2n) is 4.83. The van der Waals surface area contributed by atoms with E-state index in [9.17, 15) is 0 Å². The van der Waals surface area contributed by atoms with Crippen LogP contribution in [0.3, 0.4) is 0 Å². The first-order chi connectivity index (χ1) is 10.1. The Morgan fingerprint density at radius 1 is 1.05 bits per heavy atom. The summed E-state index contributed by atoms with van der Waals surface area (Å²) in [5.74, 6) is 0. The van der Waals surface area contributed by atoms with E-state index in [4.69, 9.17) is 28.9 Å². The van der Waals surface area contributed by atoms with Gasteiger partial charge in [-0.25, -0.2) is 4.98 Å². The summed E-state index contributed by atoms with van der Waals surface area (Å²) < 4.78 is 0. The highest BCUT2D eigenvalue weighted by molar-refractivity contribution is 6.35. The minimum atomic E-state index is -0.263. The molecule has 21 heavy (non-hydrogen) atoms. The fourth-order valence-electron chi connectivity index (χ4n) is 2.18. The molecule has 0 spiro atoms. The number of hydrogen-bond acceptors (Lipinski definition) is 3. The lowest BCUT2D eigenvalue weighted by molar-refractivity contribution is 0.696. The number of rotatable bonds is 3. The van der Waals surface area contributed by atoms with Gasteiger partial charge in [0.05, 0.1) is 29.0 Å². The van der Waals surface area contributed by atoms with Crippen LogP contribution in [0, 0.1) is 0 Å². The Labute approximate surface area is 132 Å². The number of halogens is 2. The van der Waals surface area contributed by atoms with Gasteiger partial charge in [0, 0.05) is 10.0 Å². The molecule has 2 N–H and O–H groups in total. The Balaban J connectivity index is 1.87. The Kier molecular flexibility index (Phi) is 4.06. The molecule has 0 aliphatic rings. The highest BCUT2D eigenvalue weighted by atomic mass is 35.5. The van der Waals surface area contributed by atoms with E-state index in [1.165, 1.54) is 0 Å². The van der Waals surface area contributed by atoms with Crippen molar-refractivity contribution in [2.24, 2.45) is 5.73 Å². The normalized spacial score (nSPS) is 12.5. The van der Waals surface area contributed by atoms with Gasteiger partial charge in [0.1, 0.15) is 0 Å². The molecule has 1 atom stereocenters. The number of nitrogens with two attached hydrogens (primary N) is 1. The highest BCUT2D eigenvalue weighted by Crippen LogP contribution is 2.25. The molecule has 0 saturated heterocycles. The molecule has 5 heteroatoms. The first kappa shape index (κ1) is 14.3. The molecule has 3 aromatic rings. The van der Waals surface area contributed by atoms with Crippen LogP contribution in [-0.2, 0) is 6.42 Å². The van der Waals surface area contributed by atoms with Crippen LogP contribution in [0.4, 0.5) is 0 Å². The van der Waals surface area contributed by atoms with Crippen LogP contribution in [-0.4, -0.2) is 9.97 Å². The molecule has 3 rings (SSSR count). The SMILES string of the molecule is NC(Cc1ccc(Cl)cc1Cl)c1cnc2ccccc2n1. The number of aromatic nitrogens is 2. The van der Waals surface area contributed by atoms with E-state index in [1.807, 2.05) is 36.4 Å². The first-order valence-electron chi connectivity index (χ1n) is 6.54. The molecule has 1 heterocycles. The molecule has 1 unspecified atom stereocenters. The van der Waals surface area contributed by atoms with Gasteiger partial charge in [-0.1, -0.05) is 41.4 Å². The van der Waals surface area contributed by atoms with Crippen molar-refractivity contribution in [1.29, 1.82) is 0 Å². The van der Waals surface area contributed by atoms with E-state index >= 15 is 0 Å². The molecule has 0 aliphatic carbocycles. The van der Waals surface area contributed by atoms with Crippen LogP contribution in [0.5, 0.6) is 0 Å². The van der Waals surface area contributed by atoms with Gasteiger partial charge in [-0.2, -0.15) is 0 Å². The van der Waals surface area contributed by atoms with Gasteiger partial charge in [0.2, 0.25) is 0 Å². The summed E-state index contributed by atoms with van der Waals surface area (Å²) in [6.07, 6.45) is 2.31. The zero-order chi connectivity index (χ0) is 14.8. The molecule has 0 fully saturated rings. The summed E-state index contributed by atoms with van der Waals surface area (Å²) >= 11 is 12.1. The molecule has 0 saturated carbocycles. The lowest BCUT2D eigenvalue weighted by atomic mass is 10.0. The predicted molar refractivity (Wildman–Crippen MR) is 86.6 cm³/mol. The van der Waals surface area contributed by atoms with Crippen molar-refractivity contribution in [1.82, 2.24) is 9.97 Å². The molecule has 2 aromatic carbocycles. The molecule has 0 aliphatic heterocycles. The van der Waals surface area contributed by atoms with Gasteiger partial charge < -0.3 is 5.73 Å². The summed E-state index contributed by atoms with van der Waals surface area (Å²) in [5, 5.41) is 1.23. The van der Waals surface area contributed by atoms with Crippen LogP contribution in [0.2, 0.25) is 10.0 Å². The highest BCUT2D eigenvalue weighted by Gasteiger charge is 2.12. The van der Waals surface area contributed by atoms with Crippen molar-refractivity contribution < 1.29 is 0 Å². The average Bonchev–Trinajstić information content (AvgIpc) is 2.49. The molecule has 0 bridgehead atoms. The summed E-state index contributed by atoms with van der Waals surface area (Å²) in [5.41, 5.74) is 9.63. The Hall–Kier alpha value is -1.68. The summed E-state index contributed by atoms with van der Waals surface area (Å²) in [6, 6.07) is 12.9. The van der Waals surface area contributed by atoms with Crippen LogP contribution in [0.15, 0.2) is 48.7 Å². The first-order valence-corrected chi connectivity index (χ1v) is 7.30. The molecular weight excluding hydrogens is 305 g/mol. The second-order valence-corrected chi connectivity index (χ2v) is 5.67. The monoisotopic (exact) mass is 317 g/mol. The summed E-state index contributed by atoms with van der Waals surface area (Å²) in [4.78, 5) is 8.95. The topological polar surface area (TPSA) is 51.8 Å². The van der Waals surface area contributed by atoms with Crippen LogP contribution in [0.25, 0.3) is 11.0 Å². The third-order valence-corrected chi connectivity index (χ3v) is 3.89. The standard InChI is InChI=1S/C16H13Cl2N3/c17-11-6-5-10(12(18)8-11)7-13(19)16-9-20-14-3-1-2-4-15(14)21-16/h1-6,8-9,13H,7,19H2. The Morgan fingerprint density at radius 2 is 1.81 bits per heavy atom. The van der Waals surface area contributed by atoms with Crippen molar-refractivity contribution >= 4 is 34.2 Å². The summed E-state index contributed by atoms with van der Waals surface area (Å²) in [7, 11) is 0. The zero-order valence-corrected chi connectivity index (χ0v) is 12.6. The Morgan fingerprint density at radius 3 is 2.57 bits per heavy atom. The molecule has 3 nitrogen and oxygen atoms in total. The van der Waals surface area contributed by atoms with Crippen LogP contribution in [0.1, 0.15) is 17.3 Å². The van der Waals surface area contributed by atoms with Gasteiger partial charge in [-0.05, 0) is 36.2 Å². The van der Waals surface area contributed by atoms with E-state index in [1.54, 1.807) is 12.3 Å². The smallest absolute Gasteiger partial charge is 0.0890 e. The molecule has 106 valence electrons. The largest absolute Gasteiger partial charge is 0.322 e. The quantitative estimate of drug-likeness (QED) is 0.788. The van der Waals surface area contributed by atoms with E-state index in [2.05, 4.69) is 9.97 Å². The number of benzene rings is 2. The predicted octanol–water partition coefficient (Wildman–Crippen LogP) is 4.18. The van der Waals surface area contributed by atoms with Crippen molar-refractivity contribution in [2.75, 3.05) is 0 Å². The third kappa shape index (κ3) is 3.16. The molecule has 0 radical (unpaired) electrons. The van der Waals surface area contributed by atoms with E-state index in [0.29, 0.717) is 16.5 Å². The second kappa shape index (κ2) is 5.98. The fraction of sp³-hybridized carbons (Fsp3) is 0.125. The van der Waals surface area contributed by atoms with Crippen LogP contribution < -0.4 is 5.73 Å². The van der Waals surface area contributed by atoms with Crippen molar-refractivity contribution in [3.05, 3.63) is 70.0 Å².